The molecule has 0 aromatic rings. The lowest BCUT2D eigenvalue weighted by Crippen LogP contribution is -2.50. The molecule has 1 heterocycles. The Labute approximate surface area is 81.3 Å². The molecule has 0 N–H and O–H groups in total. The van der Waals surface area contributed by atoms with E-state index in [0.29, 0.717) is 0 Å². The number of carbonyl (C=O) groups is 1. The van der Waals surface area contributed by atoms with E-state index in [4.69, 9.17) is 0 Å². The highest BCUT2D eigenvalue weighted by molar-refractivity contribution is 5.73. The molecule has 2 heteroatoms. The van der Waals surface area contributed by atoms with E-state index in [2.05, 4.69) is 27.7 Å². The molecule has 76 valence electrons. The second-order valence-corrected chi connectivity index (χ2v) is 5.88. The van der Waals surface area contributed by atoms with Gasteiger partial charge in [0.25, 0.3) is 0 Å². The van der Waals surface area contributed by atoms with Crippen LogP contribution in [0.1, 0.15) is 41.0 Å². The number of carbonyl (C=O) groups excluding carboxylic acids is 1. The number of hydrogen-bond acceptors (Lipinski definition) is 1. The van der Waals surface area contributed by atoms with Gasteiger partial charge < -0.3 is 4.90 Å². The minimum Gasteiger partial charge on any atom is -0.342 e. The minimum atomic E-state index is 0.209. The van der Waals surface area contributed by atoms with Crippen molar-refractivity contribution < 1.29 is 4.79 Å². The topological polar surface area (TPSA) is 20.3 Å². The second-order valence-electron chi connectivity index (χ2n) is 5.88. The maximum Gasteiger partial charge on any atom is 0.219 e. The smallest absolute Gasteiger partial charge is 0.219 e. The van der Waals surface area contributed by atoms with E-state index < -0.39 is 0 Å². The van der Waals surface area contributed by atoms with Gasteiger partial charge in [0.05, 0.1) is 0 Å². The molecule has 0 saturated carbocycles. The van der Waals surface area contributed by atoms with E-state index in [9.17, 15) is 4.79 Å². The van der Waals surface area contributed by atoms with Crippen molar-refractivity contribution in [1.82, 2.24) is 4.90 Å². The third-order valence-corrected chi connectivity index (χ3v) is 2.64. The molecule has 1 aliphatic rings. The van der Waals surface area contributed by atoms with E-state index in [1.54, 1.807) is 6.92 Å². The number of likely N-dealkylation sites (tertiary alicyclic amines) is 1. The fourth-order valence-corrected chi connectivity index (χ4v) is 2.72. The minimum absolute atomic E-state index is 0.209. The van der Waals surface area contributed by atoms with E-state index in [-0.39, 0.29) is 16.7 Å². The quantitative estimate of drug-likeness (QED) is 0.564. The zero-order valence-electron chi connectivity index (χ0n) is 9.48. The van der Waals surface area contributed by atoms with Crippen LogP contribution in [-0.2, 0) is 4.79 Å². The van der Waals surface area contributed by atoms with Gasteiger partial charge in [0.2, 0.25) is 5.91 Å². The first kappa shape index (κ1) is 10.6. The Morgan fingerprint density at radius 1 is 1.08 bits per heavy atom. The van der Waals surface area contributed by atoms with Gasteiger partial charge in [-0.2, -0.15) is 0 Å². The molecule has 13 heavy (non-hydrogen) atoms. The SMILES string of the molecule is CC(=O)N1CC(C)(C)CC(C)(C)C1. The van der Waals surface area contributed by atoms with Gasteiger partial charge in [-0.1, -0.05) is 27.7 Å². The van der Waals surface area contributed by atoms with Gasteiger partial charge in [-0.15, -0.1) is 0 Å². The molecule has 1 fully saturated rings. The van der Waals surface area contributed by atoms with Crippen molar-refractivity contribution in [2.24, 2.45) is 10.8 Å². The van der Waals surface area contributed by atoms with Gasteiger partial charge in [0.1, 0.15) is 0 Å². The lowest BCUT2D eigenvalue weighted by atomic mass is 9.71. The van der Waals surface area contributed by atoms with Gasteiger partial charge in [0, 0.05) is 20.0 Å². The lowest BCUT2D eigenvalue weighted by molar-refractivity contribution is -0.135. The fraction of sp³-hybridized carbons (Fsp3) is 0.909. The summed E-state index contributed by atoms with van der Waals surface area (Å²) in [5.41, 5.74) is 0.542. The van der Waals surface area contributed by atoms with Gasteiger partial charge in [0.15, 0.2) is 0 Å². The number of nitrogens with zero attached hydrogens (tertiary/aromatic N) is 1. The third-order valence-electron chi connectivity index (χ3n) is 2.64. The molecule has 0 radical (unpaired) electrons. The van der Waals surface area contributed by atoms with E-state index in [1.165, 1.54) is 6.42 Å². The van der Waals surface area contributed by atoms with Crippen LogP contribution in [0.25, 0.3) is 0 Å². The van der Waals surface area contributed by atoms with Crippen LogP contribution < -0.4 is 0 Å². The van der Waals surface area contributed by atoms with Crippen LogP contribution in [0.4, 0.5) is 0 Å². The zero-order valence-corrected chi connectivity index (χ0v) is 9.48. The molecule has 0 aromatic heterocycles. The van der Waals surface area contributed by atoms with Crippen molar-refractivity contribution in [1.29, 1.82) is 0 Å². The molecule has 1 rings (SSSR count). The van der Waals surface area contributed by atoms with Crippen molar-refractivity contribution in [3.05, 3.63) is 0 Å². The number of hydrogen-bond donors (Lipinski definition) is 0. The zero-order chi connectivity index (χ0) is 10.3. The first-order valence-corrected chi connectivity index (χ1v) is 4.97. The van der Waals surface area contributed by atoms with Gasteiger partial charge in [-0.3, -0.25) is 4.79 Å². The maximum absolute atomic E-state index is 11.3. The van der Waals surface area contributed by atoms with Gasteiger partial charge in [-0.25, -0.2) is 0 Å². The normalized spacial score (nSPS) is 25.8. The van der Waals surface area contributed by atoms with Crippen molar-refractivity contribution in [3.8, 4) is 0 Å². The number of piperidine rings is 1. The van der Waals surface area contributed by atoms with Crippen molar-refractivity contribution in [3.63, 3.8) is 0 Å². The predicted molar refractivity (Wildman–Crippen MR) is 54.4 cm³/mol. The number of amides is 1. The van der Waals surface area contributed by atoms with E-state index >= 15 is 0 Å². The Morgan fingerprint density at radius 3 is 1.77 bits per heavy atom. The van der Waals surface area contributed by atoms with Crippen LogP contribution >= 0.6 is 0 Å². The molecular weight excluding hydrogens is 162 g/mol. The van der Waals surface area contributed by atoms with E-state index in [1.807, 2.05) is 4.90 Å². The predicted octanol–water partition coefficient (Wildman–Crippen LogP) is 2.29. The van der Waals surface area contributed by atoms with Crippen LogP contribution in [0.3, 0.4) is 0 Å². The molecule has 0 spiro atoms. The van der Waals surface area contributed by atoms with Crippen LogP contribution in [0.5, 0.6) is 0 Å². The van der Waals surface area contributed by atoms with Gasteiger partial charge in [-0.05, 0) is 17.3 Å². The summed E-state index contributed by atoms with van der Waals surface area (Å²) in [6.45, 7) is 12.4. The van der Waals surface area contributed by atoms with Crippen LogP contribution in [0.15, 0.2) is 0 Å². The van der Waals surface area contributed by atoms with Crippen molar-refractivity contribution >= 4 is 5.91 Å². The molecule has 0 aromatic carbocycles. The third kappa shape index (κ3) is 2.71. The summed E-state index contributed by atoms with van der Waals surface area (Å²) in [6, 6.07) is 0. The maximum atomic E-state index is 11.3. The first-order valence-electron chi connectivity index (χ1n) is 4.97. The number of rotatable bonds is 0. The molecule has 0 atom stereocenters. The highest BCUT2D eigenvalue weighted by atomic mass is 16.2. The summed E-state index contributed by atoms with van der Waals surface area (Å²) in [7, 11) is 0. The molecular formula is C11H21NO. The molecule has 0 aliphatic carbocycles. The van der Waals surface area contributed by atoms with Crippen LogP contribution in [0.2, 0.25) is 0 Å². The Hall–Kier alpha value is -0.530. The summed E-state index contributed by atoms with van der Waals surface area (Å²) in [6.07, 6.45) is 1.20. The van der Waals surface area contributed by atoms with Crippen LogP contribution in [-0.4, -0.2) is 23.9 Å². The Bertz CT molecular complexity index is 202. The first-order chi connectivity index (χ1) is 5.72. The summed E-state index contributed by atoms with van der Waals surface area (Å²) < 4.78 is 0. The average Bonchev–Trinajstić information content (AvgIpc) is 1.79. The molecule has 1 amide bonds. The summed E-state index contributed by atoms with van der Waals surface area (Å²) >= 11 is 0. The van der Waals surface area contributed by atoms with E-state index in [0.717, 1.165) is 13.1 Å². The van der Waals surface area contributed by atoms with Gasteiger partial charge >= 0.3 is 0 Å². The highest BCUT2D eigenvalue weighted by Crippen LogP contribution is 2.39. The summed E-state index contributed by atoms with van der Waals surface area (Å²) in [5.74, 6) is 0.209. The summed E-state index contributed by atoms with van der Waals surface area (Å²) in [5, 5.41) is 0. The Kier molecular flexibility index (Phi) is 2.44. The fourth-order valence-electron chi connectivity index (χ4n) is 2.72. The largest absolute Gasteiger partial charge is 0.342 e. The monoisotopic (exact) mass is 183 g/mol. The summed E-state index contributed by atoms with van der Waals surface area (Å²) in [4.78, 5) is 13.3. The van der Waals surface area contributed by atoms with Crippen molar-refractivity contribution in [2.45, 2.75) is 41.0 Å². The highest BCUT2D eigenvalue weighted by Gasteiger charge is 2.37. The lowest BCUT2D eigenvalue weighted by Gasteiger charge is -2.46. The van der Waals surface area contributed by atoms with Crippen LogP contribution in [0, 0.1) is 10.8 Å². The molecule has 2 nitrogen and oxygen atoms in total. The molecule has 1 aliphatic heterocycles. The molecule has 0 bridgehead atoms. The Balaban J connectivity index is 2.78. The molecule has 0 unspecified atom stereocenters. The van der Waals surface area contributed by atoms with Crippen molar-refractivity contribution in [2.75, 3.05) is 13.1 Å². The Morgan fingerprint density at radius 2 is 1.46 bits per heavy atom. The second kappa shape index (κ2) is 3.00. The standard InChI is InChI=1S/C11H21NO/c1-9(13)12-7-10(2,3)6-11(4,5)8-12/h6-8H2,1-5H3. The average molecular weight is 183 g/mol. The molecule has 1 saturated heterocycles.